The third-order valence-corrected chi connectivity index (χ3v) is 6.58. The number of aromatic nitrogens is 1. The molecule has 0 spiro atoms. The third-order valence-electron chi connectivity index (χ3n) is 4.79. The molecular weight excluding hydrogens is 298 g/mol. The van der Waals surface area contributed by atoms with Gasteiger partial charge in [-0.1, -0.05) is 0 Å². The van der Waals surface area contributed by atoms with Gasteiger partial charge < -0.3 is 11.1 Å². The minimum absolute atomic E-state index is 0.174. The SMILES string of the molecule is C[C@@H](Nc1c(N)cnc2ccc3c(c12)CCS3(=O)=O)C1CC1. The van der Waals surface area contributed by atoms with Gasteiger partial charge in [0.05, 0.1) is 33.7 Å². The molecule has 0 bridgehead atoms. The molecule has 1 fully saturated rings. The van der Waals surface area contributed by atoms with Crippen LogP contribution in [0.3, 0.4) is 0 Å². The number of nitrogens with zero attached hydrogens (tertiary/aromatic N) is 1. The number of nitrogens with one attached hydrogen (secondary N) is 1. The molecule has 4 rings (SSSR count). The van der Waals surface area contributed by atoms with Gasteiger partial charge in [0.2, 0.25) is 0 Å². The van der Waals surface area contributed by atoms with E-state index in [0.29, 0.717) is 29.0 Å². The molecule has 2 aliphatic rings. The molecule has 0 radical (unpaired) electrons. The van der Waals surface area contributed by atoms with Crippen molar-refractivity contribution in [3.63, 3.8) is 0 Å². The highest BCUT2D eigenvalue weighted by Crippen LogP contribution is 2.40. The first-order valence-corrected chi connectivity index (χ1v) is 9.32. The Morgan fingerprint density at radius 3 is 2.86 bits per heavy atom. The van der Waals surface area contributed by atoms with Crippen LogP contribution in [0.25, 0.3) is 10.9 Å². The van der Waals surface area contributed by atoms with Crippen LogP contribution in [0, 0.1) is 5.92 Å². The second kappa shape index (κ2) is 4.59. The lowest BCUT2D eigenvalue weighted by Gasteiger charge is -2.19. The van der Waals surface area contributed by atoms with Gasteiger partial charge in [-0.2, -0.15) is 0 Å². The van der Waals surface area contributed by atoms with Crippen LogP contribution in [0.2, 0.25) is 0 Å². The molecule has 1 atom stereocenters. The van der Waals surface area contributed by atoms with Crippen LogP contribution in [0.15, 0.2) is 23.2 Å². The summed E-state index contributed by atoms with van der Waals surface area (Å²) in [5.41, 5.74) is 9.23. The first kappa shape index (κ1) is 13.8. The molecule has 1 aromatic heterocycles. The molecule has 2 aromatic rings. The Hall–Kier alpha value is -1.82. The molecule has 0 amide bonds. The van der Waals surface area contributed by atoms with Gasteiger partial charge in [-0.15, -0.1) is 0 Å². The second-order valence-electron chi connectivity index (χ2n) is 6.36. The van der Waals surface area contributed by atoms with Crippen LogP contribution in [0.5, 0.6) is 0 Å². The van der Waals surface area contributed by atoms with Gasteiger partial charge in [0.15, 0.2) is 9.84 Å². The molecule has 1 aromatic carbocycles. The van der Waals surface area contributed by atoms with E-state index in [1.807, 2.05) is 0 Å². The van der Waals surface area contributed by atoms with Gasteiger partial charge in [0.25, 0.3) is 0 Å². The lowest BCUT2D eigenvalue weighted by Crippen LogP contribution is -2.19. The fourth-order valence-electron chi connectivity index (χ4n) is 3.33. The summed E-state index contributed by atoms with van der Waals surface area (Å²) in [5.74, 6) is 0.858. The number of rotatable bonds is 3. The van der Waals surface area contributed by atoms with E-state index < -0.39 is 9.84 Å². The zero-order chi connectivity index (χ0) is 15.5. The molecule has 3 N–H and O–H groups in total. The molecule has 0 saturated heterocycles. The van der Waals surface area contributed by atoms with Crippen molar-refractivity contribution >= 4 is 32.1 Å². The van der Waals surface area contributed by atoms with Crippen molar-refractivity contribution in [1.82, 2.24) is 4.98 Å². The van der Waals surface area contributed by atoms with Crippen molar-refractivity contribution in [2.75, 3.05) is 16.8 Å². The number of anilines is 2. The Morgan fingerprint density at radius 1 is 1.36 bits per heavy atom. The highest BCUT2D eigenvalue weighted by atomic mass is 32.2. The number of benzene rings is 1. The predicted octanol–water partition coefficient (Wildman–Crippen LogP) is 2.36. The van der Waals surface area contributed by atoms with Crippen LogP contribution in [0.1, 0.15) is 25.3 Å². The number of sulfone groups is 1. The average molecular weight is 317 g/mol. The Bertz CT molecular complexity index is 873. The number of hydrogen-bond acceptors (Lipinski definition) is 5. The zero-order valence-corrected chi connectivity index (χ0v) is 13.3. The summed E-state index contributed by atoms with van der Waals surface area (Å²) in [4.78, 5) is 4.81. The van der Waals surface area contributed by atoms with Gasteiger partial charge in [-0.05, 0) is 49.8 Å². The van der Waals surface area contributed by atoms with Gasteiger partial charge >= 0.3 is 0 Å². The van der Waals surface area contributed by atoms with Crippen molar-refractivity contribution in [2.24, 2.45) is 5.92 Å². The fraction of sp³-hybridized carbons (Fsp3) is 0.438. The van der Waals surface area contributed by atoms with Gasteiger partial charge in [-0.25, -0.2) is 8.42 Å². The summed E-state index contributed by atoms with van der Waals surface area (Å²) in [7, 11) is -3.16. The minimum Gasteiger partial charge on any atom is -0.396 e. The van der Waals surface area contributed by atoms with Crippen LogP contribution < -0.4 is 11.1 Å². The molecule has 0 unspecified atom stereocenters. The fourth-order valence-corrected chi connectivity index (χ4v) is 4.88. The summed E-state index contributed by atoms with van der Waals surface area (Å²) in [6, 6.07) is 3.79. The van der Waals surface area contributed by atoms with E-state index >= 15 is 0 Å². The van der Waals surface area contributed by atoms with Crippen molar-refractivity contribution in [1.29, 1.82) is 0 Å². The Balaban J connectivity index is 1.94. The molecule has 1 aliphatic heterocycles. The Morgan fingerprint density at radius 2 is 2.14 bits per heavy atom. The molecule has 2 heterocycles. The summed E-state index contributed by atoms with van der Waals surface area (Å²) in [5, 5.41) is 4.39. The second-order valence-corrected chi connectivity index (χ2v) is 8.44. The highest BCUT2D eigenvalue weighted by molar-refractivity contribution is 7.91. The van der Waals surface area contributed by atoms with E-state index in [1.165, 1.54) is 12.8 Å². The van der Waals surface area contributed by atoms with E-state index in [4.69, 9.17) is 5.73 Å². The Kier molecular flexibility index (Phi) is 2.88. The number of fused-ring (bicyclic) bond motifs is 3. The molecule has 22 heavy (non-hydrogen) atoms. The minimum atomic E-state index is -3.16. The van der Waals surface area contributed by atoms with E-state index in [0.717, 1.165) is 22.2 Å². The van der Waals surface area contributed by atoms with Crippen LogP contribution in [-0.4, -0.2) is 25.2 Å². The molecule has 5 nitrogen and oxygen atoms in total. The van der Waals surface area contributed by atoms with E-state index in [2.05, 4.69) is 17.2 Å². The largest absolute Gasteiger partial charge is 0.396 e. The maximum absolute atomic E-state index is 12.2. The zero-order valence-electron chi connectivity index (χ0n) is 12.5. The molecule has 116 valence electrons. The first-order chi connectivity index (χ1) is 10.5. The monoisotopic (exact) mass is 317 g/mol. The first-order valence-electron chi connectivity index (χ1n) is 7.67. The van der Waals surface area contributed by atoms with Gasteiger partial charge in [0.1, 0.15) is 0 Å². The number of hydrogen-bond donors (Lipinski definition) is 2. The molecule has 6 heteroatoms. The van der Waals surface area contributed by atoms with Crippen LogP contribution in [0.4, 0.5) is 11.4 Å². The molecule has 1 saturated carbocycles. The van der Waals surface area contributed by atoms with E-state index in [1.54, 1.807) is 18.3 Å². The predicted molar refractivity (Wildman–Crippen MR) is 87.7 cm³/mol. The third kappa shape index (κ3) is 2.05. The van der Waals surface area contributed by atoms with Crippen LogP contribution >= 0.6 is 0 Å². The standard InChI is InChI=1S/C16H19N3O2S/c1-9(10-2-3-10)19-16-12(17)8-18-13-4-5-14-11(15(13)16)6-7-22(14,20)21/h4-5,8-10H,2-3,6-7,17H2,1H3,(H,18,19)/t9-/m1/s1. The lowest BCUT2D eigenvalue weighted by atomic mass is 10.0. The van der Waals surface area contributed by atoms with Gasteiger partial charge in [0, 0.05) is 11.4 Å². The average Bonchev–Trinajstić information content (AvgIpc) is 3.27. The summed E-state index contributed by atoms with van der Waals surface area (Å²) in [6.45, 7) is 2.16. The van der Waals surface area contributed by atoms with Crippen molar-refractivity contribution in [3.05, 3.63) is 23.9 Å². The van der Waals surface area contributed by atoms with Crippen molar-refractivity contribution < 1.29 is 8.42 Å². The highest BCUT2D eigenvalue weighted by Gasteiger charge is 2.31. The summed E-state index contributed by atoms with van der Waals surface area (Å²) < 4.78 is 24.3. The van der Waals surface area contributed by atoms with Crippen LogP contribution in [-0.2, 0) is 16.3 Å². The number of pyridine rings is 1. The lowest BCUT2D eigenvalue weighted by molar-refractivity contribution is 0.600. The molecular formula is C16H19N3O2S. The number of nitrogens with two attached hydrogens (primary N) is 1. The summed E-state index contributed by atoms with van der Waals surface area (Å²) in [6.07, 6.45) is 4.67. The number of aryl methyl sites for hydroxylation is 1. The topological polar surface area (TPSA) is 85.1 Å². The van der Waals surface area contributed by atoms with Gasteiger partial charge in [-0.3, -0.25) is 4.98 Å². The maximum atomic E-state index is 12.2. The normalized spacial score (nSPS) is 20.8. The molecule has 1 aliphatic carbocycles. The Labute approximate surface area is 129 Å². The summed E-state index contributed by atoms with van der Waals surface area (Å²) >= 11 is 0. The smallest absolute Gasteiger partial charge is 0.179 e. The van der Waals surface area contributed by atoms with Crippen molar-refractivity contribution in [2.45, 2.75) is 37.1 Å². The quantitative estimate of drug-likeness (QED) is 0.907. The number of nitrogen functional groups attached to an aromatic ring is 1. The van der Waals surface area contributed by atoms with E-state index in [-0.39, 0.29) is 5.75 Å². The maximum Gasteiger partial charge on any atom is 0.179 e. The van der Waals surface area contributed by atoms with Crippen molar-refractivity contribution in [3.8, 4) is 0 Å². The van der Waals surface area contributed by atoms with E-state index in [9.17, 15) is 8.42 Å².